The molecule has 0 bridgehead atoms. The average Bonchev–Trinajstić information content (AvgIpc) is 2.34. The summed E-state index contributed by atoms with van der Waals surface area (Å²) in [5.41, 5.74) is 0. The van der Waals surface area contributed by atoms with Crippen molar-refractivity contribution in [3.05, 3.63) is 28.5 Å². The minimum absolute atomic E-state index is 0.921. The molecule has 10 heavy (non-hydrogen) atoms. The number of carboxylic acids is 1. The number of aliphatic carboxylic acids is 1. The molecule has 1 aromatic rings. The second-order valence-electron chi connectivity index (χ2n) is 1.67. The normalized spacial score (nSPS) is 10.4. The molecular formula is C7H5O2S-. The van der Waals surface area contributed by atoms with Crippen molar-refractivity contribution in [3.8, 4) is 0 Å². The second-order valence-corrected chi connectivity index (χ2v) is 2.65. The maximum Gasteiger partial charge on any atom is 0.0643 e. The second kappa shape index (κ2) is 3.17. The Balaban J connectivity index is 2.64. The van der Waals surface area contributed by atoms with E-state index in [1.54, 1.807) is 0 Å². The van der Waals surface area contributed by atoms with Crippen LogP contribution in [0, 0.1) is 0 Å². The lowest BCUT2D eigenvalue weighted by Gasteiger charge is -1.87. The van der Waals surface area contributed by atoms with E-state index in [0.717, 1.165) is 11.0 Å². The van der Waals surface area contributed by atoms with Gasteiger partial charge in [-0.15, -0.1) is 11.3 Å². The van der Waals surface area contributed by atoms with E-state index in [0.29, 0.717) is 0 Å². The van der Waals surface area contributed by atoms with Crippen LogP contribution < -0.4 is 5.11 Å². The average molecular weight is 153 g/mol. The molecule has 0 aliphatic rings. The molecule has 52 valence electrons. The minimum atomic E-state index is -1.16. The van der Waals surface area contributed by atoms with E-state index < -0.39 is 5.97 Å². The Bertz CT molecular complexity index is 236. The maximum absolute atomic E-state index is 9.90. The molecule has 0 unspecified atom stereocenters. The topological polar surface area (TPSA) is 40.1 Å². The Hall–Kier alpha value is -1.09. The molecule has 0 aromatic carbocycles. The minimum Gasteiger partial charge on any atom is -0.545 e. The van der Waals surface area contributed by atoms with Crippen molar-refractivity contribution < 1.29 is 9.90 Å². The Kier molecular flexibility index (Phi) is 2.23. The Morgan fingerprint density at radius 3 is 3.00 bits per heavy atom. The molecule has 2 nitrogen and oxygen atoms in total. The van der Waals surface area contributed by atoms with E-state index in [-0.39, 0.29) is 0 Å². The van der Waals surface area contributed by atoms with Crippen molar-refractivity contribution in [2.24, 2.45) is 0 Å². The SMILES string of the molecule is O=C([O-])/C=C/c1cccs1. The molecule has 0 radical (unpaired) electrons. The van der Waals surface area contributed by atoms with Crippen LogP contribution in [0.25, 0.3) is 6.08 Å². The molecule has 0 atom stereocenters. The van der Waals surface area contributed by atoms with Crippen molar-refractivity contribution >= 4 is 23.4 Å². The highest BCUT2D eigenvalue weighted by Crippen LogP contribution is 2.09. The van der Waals surface area contributed by atoms with Gasteiger partial charge in [0.25, 0.3) is 0 Å². The number of hydrogen-bond acceptors (Lipinski definition) is 3. The first-order chi connectivity index (χ1) is 4.79. The van der Waals surface area contributed by atoms with E-state index in [1.165, 1.54) is 17.4 Å². The predicted molar refractivity (Wildman–Crippen MR) is 38.4 cm³/mol. The molecule has 1 heterocycles. The molecule has 0 aliphatic heterocycles. The molecule has 0 N–H and O–H groups in total. The van der Waals surface area contributed by atoms with Crippen LogP contribution in [-0.2, 0) is 4.79 Å². The van der Waals surface area contributed by atoms with Gasteiger partial charge in [0, 0.05) is 4.88 Å². The van der Waals surface area contributed by atoms with Crippen LogP contribution in [0.15, 0.2) is 23.6 Å². The van der Waals surface area contributed by atoms with E-state index >= 15 is 0 Å². The number of carbonyl (C=O) groups is 1. The summed E-state index contributed by atoms with van der Waals surface area (Å²) in [4.78, 5) is 10.8. The fraction of sp³-hybridized carbons (Fsp3) is 0. The summed E-state index contributed by atoms with van der Waals surface area (Å²) in [6, 6.07) is 3.70. The summed E-state index contributed by atoms with van der Waals surface area (Å²) in [6.07, 6.45) is 2.53. The van der Waals surface area contributed by atoms with Gasteiger partial charge in [0.1, 0.15) is 0 Å². The quantitative estimate of drug-likeness (QED) is 0.581. The first-order valence-electron chi connectivity index (χ1n) is 2.71. The summed E-state index contributed by atoms with van der Waals surface area (Å²) < 4.78 is 0. The first kappa shape index (κ1) is 7.02. The van der Waals surface area contributed by atoms with Crippen molar-refractivity contribution in [2.45, 2.75) is 0 Å². The number of hydrogen-bond donors (Lipinski definition) is 0. The van der Waals surface area contributed by atoms with Gasteiger partial charge in [0.05, 0.1) is 5.97 Å². The summed E-state index contributed by atoms with van der Waals surface area (Å²) in [5.74, 6) is -1.16. The Morgan fingerprint density at radius 1 is 1.70 bits per heavy atom. The van der Waals surface area contributed by atoms with Crippen molar-refractivity contribution in [3.63, 3.8) is 0 Å². The predicted octanol–water partition coefficient (Wildman–Crippen LogP) is 0.511. The number of carboxylic acid groups (broad SMARTS) is 1. The molecular weight excluding hydrogens is 148 g/mol. The summed E-state index contributed by atoms with van der Waals surface area (Å²) in [5, 5.41) is 11.8. The maximum atomic E-state index is 9.90. The summed E-state index contributed by atoms with van der Waals surface area (Å²) in [7, 11) is 0. The highest BCUT2D eigenvalue weighted by molar-refractivity contribution is 7.10. The van der Waals surface area contributed by atoms with Gasteiger partial charge in [-0.2, -0.15) is 0 Å². The van der Waals surface area contributed by atoms with Crippen LogP contribution >= 0.6 is 11.3 Å². The smallest absolute Gasteiger partial charge is 0.0643 e. The molecule has 1 rings (SSSR count). The number of thiophene rings is 1. The van der Waals surface area contributed by atoms with Crippen LogP contribution in [0.5, 0.6) is 0 Å². The van der Waals surface area contributed by atoms with Crippen molar-refractivity contribution in [2.75, 3.05) is 0 Å². The van der Waals surface area contributed by atoms with Crippen LogP contribution in [0.3, 0.4) is 0 Å². The van der Waals surface area contributed by atoms with Gasteiger partial charge in [0.2, 0.25) is 0 Å². The molecule has 0 fully saturated rings. The third kappa shape index (κ3) is 2.03. The third-order valence-corrected chi connectivity index (χ3v) is 1.76. The van der Waals surface area contributed by atoms with Gasteiger partial charge < -0.3 is 9.90 Å². The van der Waals surface area contributed by atoms with Crippen LogP contribution in [0.2, 0.25) is 0 Å². The fourth-order valence-electron chi connectivity index (χ4n) is 0.536. The molecule has 3 heteroatoms. The van der Waals surface area contributed by atoms with E-state index in [1.807, 2.05) is 17.5 Å². The molecule has 0 saturated heterocycles. The monoisotopic (exact) mass is 153 g/mol. The van der Waals surface area contributed by atoms with Gasteiger partial charge in [-0.05, 0) is 23.6 Å². The van der Waals surface area contributed by atoms with Crippen LogP contribution in [0.1, 0.15) is 4.88 Å². The lowest BCUT2D eigenvalue weighted by atomic mass is 10.4. The highest BCUT2D eigenvalue weighted by atomic mass is 32.1. The number of carbonyl (C=O) groups excluding carboxylic acids is 1. The van der Waals surface area contributed by atoms with Gasteiger partial charge in [-0.1, -0.05) is 6.07 Å². The largest absolute Gasteiger partial charge is 0.545 e. The van der Waals surface area contributed by atoms with Gasteiger partial charge in [0.15, 0.2) is 0 Å². The van der Waals surface area contributed by atoms with Crippen molar-refractivity contribution in [1.82, 2.24) is 0 Å². The molecule has 0 spiro atoms. The fourth-order valence-corrected chi connectivity index (χ4v) is 1.15. The summed E-state index contributed by atoms with van der Waals surface area (Å²) >= 11 is 1.49. The lowest BCUT2D eigenvalue weighted by Crippen LogP contribution is -2.18. The molecule has 1 aromatic heterocycles. The van der Waals surface area contributed by atoms with Crippen molar-refractivity contribution in [1.29, 1.82) is 0 Å². The zero-order valence-electron chi connectivity index (χ0n) is 5.11. The van der Waals surface area contributed by atoms with Gasteiger partial charge >= 0.3 is 0 Å². The van der Waals surface area contributed by atoms with Crippen LogP contribution in [0.4, 0.5) is 0 Å². The third-order valence-electron chi connectivity index (χ3n) is 0.927. The Morgan fingerprint density at radius 2 is 2.50 bits per heavy atom. The first-order valence-corrected chi connectivity index (χ1v) is 3.59. The standard InChI is InChI=1S/C7H6O2S/c8-7(9)4-3-6-2-1-5-10-6/h1-5H,(H,8,9)/p-1/b4-3+. The number of rotatable bonds is 2. The molecule has 0 amide bonds. The molecule has 0 aliphatic carbocycles. The Labute approximate surface area is 62.4 Å². The van der Waals surface area contributed by atoms with Gasteiger partial charge in [-0.25, -0.2) is 0 Å². The molecule has 0 saturated carbocycles. The lowest BCUT2D eigenvalue weighted by molar-refractivity contribution is -0.297. The summed E-state index contributed by atoms with van der Waals surface area (Å²) in [6.45, 7) is 0. The van der Waals surface area contributed by atoms with E-state index in [2.05, 4.69) is 0 Å². The van der Waals surface area contributed by atoms with E-state index in [9.17, 15) is 9.90 Å². The van der Waals surface area contributed by atoms with Gasteiger partial charge in [-0.3, -0.25) is 0 Å². The zero-order valence-corrected chi connectivity index (χ0v) is 5.93. The zero-order chi connectivity index (χ0) is 7.40. The highest BCUT2D eigenvalue weighted by Gasteiger charge is 1.83. The van der Waals surface area contributed by atoms with E-state index in [4.69, 9.17) is 0 Å². The van der Waals surface area contributed by atoms with Crippen LogP contribution in [-0.4, -0.2) is 5.97 Å².